The number of nitrogens with one attached hydrogen (secondary N) is 1. The molecule has 3 aromatic rings. The number of amides is 2. The third kappa shape index (κ3) is 4.77. The number of anilines is 1. The van der Waals surface area contributed by atoms with Crippen LogP contribution in [0, 0.1) is 0 Å². The maximum absolute atomic E-state index is 12.7. The zero-order valence-corrected chi connectivity index (χ0v) is 17.7. The standard InChI is InChI=1S/C22H24N4O3S/c1-2-29-21(27)20-13-17-12-18(5-6-19(17)30-20)24-22(28)26-10-8-25(9-11-26)15-16-4-3-7-23-14-16/h3-7,12-14H,2,8-11,15H2,1H3,(H,24,28). The average molecular weight is 425 g/mol. The Balaban J connectivity index is 1.33. The van der Waals surface area contributed by atoms with Gasteiger partial charge in [-0.25, -0.2) is 9.59 Å². The number of urea groups is 1. The van der Waals surface area contributed by atoms with Crippen molar-refractivity contribution < 1.29 is 14.3 Å². The SMILES string of the molecule is CCOC(=O)c1cc2cc(NC(=O)N3CCN(Cc4cccnc4)CC3)ccc2s1. The molecule has 1 saturated heterocycles. The summed E-state index contributed by atoms with van der Waals surface area (Å²) >= 11 is 1.39. The molecule has 3 heterocycles. The van der Waals surface area contributed by atoms with Crippen molar-refractivity contribution in [2.75, 3.05) is 38.1 Å². The lowest BCUT2D eigenvalue weighted by atomic mass is 10.2. The lowest BCUT2D eigenvalue weighted by Gasteiger charge is -2.34. The van der Waals surface area contributed by atoms with Crippen molar-refractivity contribution >= 4 is 39.1 Å². The molecule has 1 aliphatic heterocycles. The summed E-state index contributed by atoms with van der Waals surface area (Å²) in [5, 5.41) is 3.90. The molecule has 156 valence electrons. The minimum atomic E-state index is -0.312. The molecule has 0 radical (unpaired) electrons. The van der Waals surface area contributed by atoms with E-state index in [1.54, 1.807) is 13.1 Å². The maximum Gasteiger partial charge on any atom is 0.348 e. The monoisotopic (exact) mass is 424 g/mol. The third-order valence-electron chi connectivity index (χ3n) is 5.03. The molecule has 1 aliphatic rings. The number of esters is 1. The summed E-state index contributed by atoms with van der Waals surface area (Å²) in [4.78, 5) is 33.5. The van der Waals surface area contributed by atoms with Crippen LogP contribution in [-0.2, 0) is 11.3 Å². The van der Waals surface area contributed by atoms with E-state index in [4.69, 9.17) is 4.74 Å². The van der Waals surface area contributed by atoms with Crippen molar-refractivity contribution in [1.82, 2.24) is 14.8 Å². The number of rotatable bonds is 5. The van der Waals surface area contributed by atoms with Crippen LogP contribution < -0.4 is 5.32 Å². The molecule has 4 rings (SSSR count). The summed E-state index contributed by atoms with van der Waals surface area (Å²) in [6.45, 7) is 6.01. The van der Waals surface area contributed by atoms with E-state index >= 15 is 0 Å². The smallest absolute Gasteiger partial charge is 0.348 e. The fourth-order valence-electron chi connectivity index (χ4n) is 3.49. The zero-order chi connectivity index (χ0) is 20.9. The van der Waals surface area contributed by atoms with E-state index < -0.39 is 0 Å². The third-order valence-corrected chi connectivity index (χ3v) is 6.13. The predicted molar refractivity (Wildman–Crippen MR) is 118 cm³/mol. The van der Waals surface area contributed by atoms with Gasteiger partial charge < -0.3 is 15.0 Å². The number of hydrogen-bond acceptors (Lipinski definition) is 6. The first-order chi connectivity index (χ1) is 14.6. The molecule has 30 heavy (non-hydrogen) atoms. The lowest BCUT2D eigenvalue weighted by molar-refractivity contribution is 0.0532. The second-order valence-electron chi connectivity index (χ2n) is 7.14. The maximum atomic E-state index is 12.7. The van der Waals surface area contributed by atoms with Gasteiger partial charge in [-0.2, -0.15) is 0 Å². The predicted octanol–water partition coefficient (Wildman–Crippen LogP) is 3.82. The van der Waals surface area contributed by atoms with Crippen molar-refractivity contribution in [3.8, 4) is 0 Å². The zero-order valence-electron chi connectivity index (χ0n) is 16.8. The van der Waals surface area contributed by atoms with Crippen LogP contribution in [0.4, 0.5) is 10.5 Å². The summed E-state index contributed by atoms with van der Waals surface area (Å²) in [5.74, 6) is -0.312. The normalized spacial score (nSPS) is 14.6. The van der Waals surface area contributed by atoms with E-state index in [1.165, 1.54) is 16.9 Å². The van der Waals surface area contributed by atoms with Crippen molar-refractivity contribution in [2.45, 2.75) is 13.5 Å². The highest BCUT2D eigenvalue weighted by Crippen LogP contribution is 2.29. The molecule has 1 aromatic carbocycles. The Bertz CT molecular complexity index is 1030. The lowest BCUT2D eigenvalue weighted by Crippen LogP contribution is -2.49. The Hall–Kier alpha value is -2.97. The molecule has 0 bridgehead atoms. The minimum Gasteiger partial charge on any atom is -0.462 e. The quantitative estimate of drug-likeness (QED) is 0.630. The Morgan fingerprint density at radius 2 is 2.00 bits per heavy atom. The van der Waals surface area contributed by atoms with Gasteiger partial charge in [0.1, 0.15) is 4.88 Å². The Morgan fingerprint density at radius 1 is 1.17 bits per heavy atom. The Kier molecular flexibility index (Phi) is 6.25. The number of hydrogen-bond donors (Lipinski definition) is 1. The molecule has 2 amide bonds. The van der Waals surface area contributed by atoms with E-state index in [9.17, 15) is 9.59 Å². The van der Waals surface area contributed by atoms with Crippen molar-refractivity contribution in [3.05, 3.63) is 59.2 Å². The van der Waals surface area contributed by atoms with Crippen LogP contribution in [0.15, 0.2) is 48.8 Å². The van der Waals surface area contributed by atoms with Crippen LogP contribution >= 0.6 is 11.3 Å². The summed E-state index contributed by atoms with van der Waals surface area (Å²) in [7, 11) is 0. The molecule has 1 N–H and O–H groups in total. The van der Waals surface area contributed by atoms with Crippen LogP contribution in [0.3, 0.4) is 0 Å². The number of thiophene rings is 1. The topological polar surface area (TPSA) is 74.8 Å². The van der Waals surface area contributed by atoms with Gasteiger partial charge in [-0.15, -0.1) is 11.3 Å². The van der Waals surface area contributed by atoms with Gasteiger partial charge in [-0.3, -0.25) is 9.88 Å². The largest absolute Gasteiger partial charge is 0.462 e. The van der Waals surface area contributed by atoms with Gasteiger partial charge >= 0.3 is 12.0 Å². The molecule has 8 heteroatoms. The van der Waals surface area contributed by atoms with Gasteiger partial charge in [0.15, 0.2) is 0 Å². The fourth-order valence-corrected chi connectivity index (χ4v) is 4.42. The second-order valence-corrected chi connectivity index (χ2v) is 8.22. The van der Waals surface area contributed by atoms with Gasteiger partial charge in [0.25, 0.3) is 0 Å². The van der Waals surface area contributed by atoms with Crippen molar-refractivity contribution in [3.63, 3.8) is 0 Å². The number of aromatic nitrogens is 1. The molecular formula is C22H24N4O3S. The van der Waals surface area contributed by atoms with Crippen molar-refractivity contribution in [2.24, 2.45) is 0 Å². The number of ether oxygens (including phenoxy) is 1. The van der Waals surface area contributed by atoms with E-state index in [0.717, 1.165) is 35.4 Å². The number of piperazine rings is 1. The van der Waals surface area contributed by atoms with E-state index in [2.05, 4.69) is 21.3 Å². The fraction of sp³-hybridized carbons (Fsp3) is 0.318. The highest BCUT2D eigenvalue weighted by atomic mass is 32.1. The highest BCUT2D eigenvalue weighted by molar-refractivity contribution is 7.20. The minimum absolute atomic E-state index is 0.101. The number of fused-ring (bicyclic) bond motifs is 1. The van der Waals surface area contributed by atoms with E-state index in [-0.39, 0.29) is 12.0 Å². The van der Waals surface area contributed by atoms with Gasteiger partial charge in [0.2, 0.25) is 0 Å². The van der Waals surface area contributed by atoms with Crippen LogP contribution in [0.2, 0.25) is 0 Å². The first-order valence-electron chi connectivity index (χ1n) is 10.0. The first-order valence-corrected chi connectivity index (χ1v) is 10.8. The van der Waals surface area contributed by atoms with Gasteiger partial charge in [-0.05, 0) is 48.2 Å². The Morgan fingerprint density at radius 3 is 2.73 bits per heavy atom. The number of nitrogens with zero attached hydrogens (tertiary/aromatic N) is 3. The van der Waals surface area contributed by atoms with Gasteiger partial charge in [0, 0.05) is 55.5 Å². The summed E-state index contributed by atoms with van der Waals surface area (Å²) in [6, 6.07) is 11.4. The van der Waals surface area contributed by atoms with Gasteiger partial charge in [-0.1, -0.05) is 6.07 Å². The first kappa shape index (κ1) is 20.3. The molecule has 0 spiro atoms. The van der Waals surface area contributed by atoms with E-state index in [0.29, 0.717) is 24.6 Å². The molecule has 0 aliphatic carbocycles. The highest BCUT2D eigenvalue weighted by Gasteiger charge is 2.21. The molecule has 0 atom stereocenters. The molecule has 0 saturated carbocycles. The average Bonchev–Trinajstić information content (AvgIpc) is 3.19. The second kappa shape index (κ2) is 9.23. The van der Waals surface area contributed by atoms with Crippen molar-refractivity contribution in [1.29, 1.82) is 0 Å². The molecule has 7 nitrogen and oxygen atoms in total. The van der Waals surface area contributed by atoms with Crippen LogP contribution in [0.5, 0.6) is 0 Å². The number of carbonyl (C=O) groups excluding carboxylic acids is 2. The summed E-state index contributed by atoms with van der Waals surface area (Å²) in [5.41, 5.74) is 1.90. The number of pyridine rings is 1. The molecular weight excluding hydrogens is 400 g/mol. The molecule has 1 fully saturated rings. The number of benzene rings is 1. The van der Waals surface area contributed by atoms with Crippen LogP contribution in [0.1, 0.15) is 22.2 Å². The summed E-state index contributed by atoms with van der Waals surface area (Å²) < 4.78 is 6.05. The van der Waals surface area contributed by atoms with Gasteiger partial charge in [0.05, 0.1) is 6.61 Å². The van der Waals surface area contributed by atoms with Crippen LogP contribution in [0.25, 0.3) is 10.1 Å². The van der Waals surface area contributed by atoms with E-state index in [1.807, 2.05) is 41.4 Å². The van der Waals surface area contributed by atoms with Crippen LogP contribution in [-0.4, -0.2) is 59.6 Å². The summed E-state index contributed by atoms with van der Waals surface area (Å²) in [6.07, 6.45) is 3.66. The molecule has 0 unspecified atom stereocenters. The number of carbonyl (C=O) groups is 2. The Labute approximate surface area is 179 Å². The molecule has 2 aromatic heterocycles.